The lowest BCUT2D eigenvalue weighted by Gasteiger charge is -2.46. The Kier molecular flexibility index (Phi) is 7.86. The normalized spacial score (nSPS) is 18.2. The Morgan fingerprint density at radius 1 is 0.460 bits per heavy atom. The van der Waals surface area contributed by atoms with Gasteiger partial charge in [-0.25, -0.2) is 0 Å². The van der Waals surface area contributed by atoms with Gasteiger partial charge in [-0.3, -0.25) is 0 Å². The average Bonchev–Trinajstić information content (AvgIpc) is 3.72. The number of para-hydroxylation sites is 2. The number of rotatable bonds is 3. The fourth-order valence-electron chi connectivity index (χ4n) is 12.8. The summed E-state index contributed by atoms with van der Waals surface area (Å²) >= 11 is 0. The third-order valence-electron chi connectivity index (χ3n) is 15.8. The maximum absolute atomic E-state index is 6.92. The zero-order chi connectivity index (χ0) is 43.5. The van der Waals surface area contributed by atoms with Crippen LogP contribution < -0.4 is 26.2 Å². The summed E-state index contributed by atoms with van der Waals surface area (Å²) in [6.07, 6.45) is 3.47. The van der Waals surface area contributed by atoms with E-state index in [0.29, 0.717) is 0 Å². The van der Waals surface area contributed by atoms with Gasteiger partial charge < -0.3 is 14.2 Å². The average molecular weight is 821 g/mol. The zero-order valence-corrected chi connectivity index (χ0v) is 38.6. The van der Waals surface area contributed by atoms with Crippen molar-refractivity contribution in [1.82, 2.24) is 0 Å². The molecule has 3 heterocycles. The van der Waals surface area contributed by atoms with Crippen molar-refractivity contribution in [3.63, 3.8) is 0 Å². The number of hydrogen-bond donors (Lipinski definition) is 0. The smallest absolute Gasteiger partial charge is 0.252 e. The molecule has 2 aliphatic carbocycles. The lowest BCUT2D eigenvalue weighted by atomic mass is 9.33. The van der Waals surface area contributed by atoms with Crippen LogP contribution >= 0.6 is 0 Å². The van der Waals surface area contributed by atoms with Gasteiger partial charge in [-0.1, -0.05) is 140 Å². The largest absolute Gasteiger partial charge is 0.454 e. The second-order valence-corrected chi connectivity index (χ2v) is 22.1. The highest BCUT2D eigenvalue weighted by Gasteiger charge is 2.49. The minimum absolute atomic E-state index is 0.0194. The van der Waals surface area contributed by atoms with Crippen LogP contribution in [0.2, 0.25) is 0 Å². The third kappa shape index (κ3) is 5.46. The van der Waals surface area contributed by atoms with E-state index in [4.69, 9.17) is 4.42 Å². The molecule has 1 aromatic heterocycles. The molecule has 0 atom stereocenters. The predicted molar refractivity (Wildman–Crippen MR) is 269 cm³/mol. The number of nitrogens with zero attached hydrogens (tertiary/aromatic N) is 2. The molecule has 0 fully saturated rings. The van der Waals surface area contributed by atoms with Crippen LogP contribution in [0.5, 0.6) is 0 Å². The molecule has 0 saturated heterocycles. The van der Waals surface area contributed by atoms with Gasteiger partial charge >= 0.3 is 0 Å². The molecule has 3 nitrogen and oxygen atoms in total. The monoisotopic (exact) mass is 820 g/mol. The molecular weight excluding hydrogens is 763 g/mol. The highest BCUT2D eigenvalue weighted by molar-refractivity contribution is 7.00. The van der Waals surface area contributed by atoms with Gasteiger partial charge in [-0.05, 0) is 158 Å². The van der Waals surface area contributed by atoms with Gasteiger partial charge in [0.1, 0.15) is 5.58 Å². The lowest BCUT2D eigenvalue weighted by Crippen LogP contribution is -2.61. The highest BCUT2D eigenvalue weighted by Crippen LogP contribution is 2.55. The summed E-state index contributed by atoms with van der Waals surface area (Å²) < 4.78 is 6.92. The summed E-state index contributed by atoms with van der Waals surface area (Å²) in [6, 6.07) is 48.7. The van der Waals surface area contributed by atoms with Crippen molar-refractivity contribution in [2.24, 2.45) is 0 Å². The second kappa shape index (κ2) is 12.8. The summed E-state index contributed by atoms with van der Waals surface area (Å²) in [7, 11) is 0. The Labute approximate surface area is 373 Å². The van der Waals surface area contributed by atoms with Crippen LogP contribution in [0.1, 0.15) is 108 Å². The molecule has 0 amide bonds. The Morgan fingerprint density at radius 3 is 1.78 bits per heavy atom. The van der Waals surface area contributed by atoms with Crippen LogP contribution in [0.25, 0.3) is 33.1 Å². The summed E-state index contributed by atoms with van der Waals surface area (Å²) in [5.74, 6) is 0. The molecule has 63 heavy (non-hydrogen) atoms. The number of benzene rings is 7. The fourth-order valence-corrected chi connectivity index (χ4v) is 12.8. The van der Waals surface area contributed by atoms with Crippen LogP contribution in [-0.4, -0.2) is 6.71 Å². The van der Waals surface area contributed by atoms with Crippen molar-refractivity contribution < 1.29 is 4.42 Å². The standard InChI is InChI=1S/C59H57BN2O/c1-35-27-51-54-52(28-35)62(48-32-43-41(29-36(48)2)56(3,4)25-26-57(43,5)6)49-30-38(37-17-12-11-13-18-37)23-24-45(49)60(54)46-31-42-44(59(9,10)34-58(42,7)8)33-50(46)61(51)47-21-16-20-40-39-19-14-15-22-53(39)63-55(40)47/h11-24,27-33H,25-26,34H2,1-10H3. The maximum atomic E-state index is 6.92. The van der Waals surface area contributed by atoms with E-state index < -0.39 is 0 Å². The van der Waals surface area contributed by atoms with Crippen LogP contribution in [-0.2, 0) is 21.7 Å². The second-order valence-electron chi connectivity index (χ2n) is 22.1. The minimum atomic E-state index is 0.0194. The van der Waals surface area contributed by atoms with Gasteiger partial charge in [0.05, 0.1) is 5.69 Å². The number of anilines is 6. The minimum Gasteiger partial charge on any atom is -0.454 e. The Bertz CT molecular complexity index is 3260. The topological polar surface area (TPSA) is 19.6 Å². The molecule has 0 spiro atoms. The van der Waals surface area contributed by atoms with Crippen molar-refractivity contribution in [3.05, 3.63) is 161 Å². The van der Waals surface area contributed by atoms with Crippen LogP contribution in [0.15, 0.2) is 132 Å². The number of hydrogen-bond acceptors (Lipinski definition) is 3. The molecular formula is C59H57BN2O. The molecule has 4 heteroatoms. The first-order valence-corrected chi connectivity index (χ1v) is 23.2. The lowest BCUT2D eigenvalue weighted by molar-refractivity contribution is 0.332. The van der Waals surface area contributed by atoms with Gasteiger partial charge in [0.15, 0.2) is 5.58 Å². The van der Waals surface area contributed by atoms with E-state index >= 15 is 0 Å². The number of aryl methyl sites for hydroxylation is 2. The van der Waals surface area contributed by atoms with Crippen molar-refractivity contribution >= 4 is 79.2 Å². The molecule has 8 aromatic rings. The zero-order valence-electron chi connectivity index (χ0n) is 38.6. The molecule has 7 aromatic carbocycles. The Hall–Kier alpha value is -6.00. The van der Waals surface area contributed by atoms with Gasteiger partial charge in [-0.15, -0.1) is 0 Å². The molecule has 2 aliphatic heterocycles. The molecule has 0 saturated carbocycles. The van der Waals surface area contributed by atoms with E-state index in [1.807, 2.05) is 0 Å². The van der Waals surface area contributed by atoms with Gasteiger partial charge in [-0.2, -0.15) is 0 Å². The fraction of sp³-hybridized carbons (Fsp3) is 0.288. The molecule has 312 valence electrons. The van der Waals surface area contributed by atoms with E-state index in [1.165, 1.54) is 102 Å². The maximum Gasteiger partial charge on any atom is 0.252 e. The summed E-state index contributed by atoms with van der Waals surface area (Å²) in [4.78, 5) is 5.24. The summed E-state index contributed by atoms with van der Waals surface area (Å²) in [5.41, 5.74) is 24.4. The predicted octanol–water partition coefficient (Wildman–Crippen LogP) is 14.3. The van der Waals surface area contributed by atoms with Crippen molar-refractivity contribution in [1.29, 1.82) is 0 Å². The van der Waals surface area contributed by atoms with E-state index in [-0.39, 0.29) is 28.4 Å². The van der Waals surface area contributed by atoms with Crippen molar-refractivity contribution in [2.75, 3.05) is 9.80 Å². The SMILES string of the molecule is Cc1cc2c3c(c1)N(c1cccc4c1oc1ccccc14)c1cc4c(cc1B3c1ccc(-c3ccccc3)cc1N2c1cc2c(cc1C)C(C)(C)CCC2(C)C)C(C)(C)CC4(C)C. The molecule has 0 bridgehead atoms. The van der Waals surface area contributed by atoms with Gasteiger partial charge in [0.2, 0.25) is 0 Å². The van der Waals surface area contributed by atoms with Gasteiger partial charge in [0, 0.05) is 39.2 Å². The Balaban J connectivity index is 1.21. The summed E-state index contributed by atoms with van der Waals surface area (Å²) in [6.45, 7) is 24.2. The highest BCUT2D eigenvalue weighted by atomic mass is 16.3. The van der Waals surface area contributed by atoms with E-state index in [1.54, 1.807) is 0 Å². The van der Waals surface area contributed by atoms with Crippen LogP contribution in [0.4, 0.5) is 34.1 Å². The molecule has 0 radical (unpaired) electrons. The van der Waals surface area contributed by atoms with Crippen molar-refractivity contribution in [3.8, 4) is 11.1 Å². The Morgan fingerprint density at radius 2 is 1.05 bits per heavy atom. The quantitative estimate of drug-likeness (QED) is 0.166. The number of fused-ring (bicyclic) bond motifs is 9. The first kappa shape index (κ1) is 38.7. The van der Waals surface area contributed by atoms with E-state index in [2.05, 4.69) is 206 Å². The molecule has 12 rings (SSSR count). The third-order valence-corrected chi connectivity index (χ3v) is 15.8. The molecule has 0 N–H and O–H groups in total. The van der Waals surface area contributed by atoms with Crippen LogP contribution in [0, 0.1) is 13.8 Å². The van der Waals surface area contributed by atoms with Gasteiger partial charge in [0.25, 0.3) is 6.71 Å². The number of furan rings is 1. The first-order valence-electron chi connectivity index (χ1n) is 23.2. The summed E-state index contributed by atoms with van der Waals surface area (Å²) in [5, 5.41) is 2.29. The van der Waals surface area contributed by atoms with Crippen molar-refractivity contribution in [2.45, 2.75) is 110 Å². The molecule has 0 unspecified atom stereocenters. The van der Waals surface area contributed by atoms with Crippen LogP contribution in [0.3, 0.4) is 0 Å². The van der Waals surface area contributed by atoms with E-state index in [9.17, 15) is 0 Å². The van der Waals surface area contributed by atoms with E-state index in [0.717, 1.165) is 34.0 Å². The first-order chi connectivity index (χ1) is 30.0. The molecule has 4 aliphatic rings.